The van der Waals surface area contributed by atoms with Crippen molar-refractivity contribution in [3.05, 3.63) is 42.4 Å². The summed E-state index contributed by atoms with van der Waals surface area (Å²) >= 11 is 0. The van der Waals surface area contributed by atoms with E-state index in [4.69, 9.17) is 5.26 Å². The van der Waals surface area contributed by atoms with Crippen LogP contribution in [0.3, 0.4) is 0 Å². The molecular formula is C14H15N5. The number of hydrogen-bond acceptors (Lipinski definition) is 4. The molecule has 0 bridgehead atoms. The number of hydrogen-bond donors (Lipinski definition) is 0. The van der Waals surface area contributed by atoms with Crippen LogP contribution in [0.25, 0.3) is 0 Å². The Labute approximate surface area is 112 Å². The maximum absolute atomic E-state index is 8.77. The zero-order valence-electron chi connectivity index (χ0n) is 10.6. The number of anilines is 1. The van der Waals surface area contributed by atoms with Crippen LogP contribution in [0.15, 0.2) is 36.8 Å². The van der Waals surface area contributed by atoms with Crippen LogP contribution in [-0.2, 0) is 0 Å². The standard InChI is InChI=1S/C14H15N5/c15-10-12-2-3-14(16-11-12)18-8-4-13(5-9-18)19-7-1-6-17-19/h1-3,6-7,11,13H,4-5,8-9H2. The number of nitrogens with zero attached hydrogens (tertiary/aromatic N) is 5. The van der Waals surface area contributed by atoms with Gasteiger partial charge in [0.25, 0.3) is 0 Å². The van der Waals surface area contributed by atoms with Gasteiger partial charge in [0, 0.05) is 31.7 Å². The van der Waals surface area contributed by atoms with Gasteiger partial charge in [0.05, 0.1) is 11.6 Å². The maximum atomic E-state index is 8.77. The van der Waals surface area contributed by atoms with E-state index < -0.39 is 0 Å². The van der Waals surface area contributed by atoms with E-state index in [1.54, 1.807) is 6.20 Å². The third-order valence-corrected chi connectivity index (χ3v) is 3.56. The molecule has 3 heterocycles. The molecule has 0 aliphatic carbocycles. The second-order valence-electron chi connectivity index (χ2n) is 4.72. The van der Waals surface area contributed by atoms with E-state index in [0.717, 1.165) is 31.7 Å². The quantitative estimate of drug-likeness (QED) is 0.821. The Morgan fingerprint density at radius 1 is 1.26 bits per heavy atom. The maximum Gasteiger partial charge on any atom is 0.128 e. The molecule has 0 unspecified atom stereocenters. The largest absolute Gasteiger partial charge is 0.356 e. The fourth-order valence-electron chi connectivity index (χ4n) is 2.50. The highest BCUT2D eigenvalue weighted by Crippen LogP contribution is 2.24. The van der Waals surface area contributed by atoms with Gasteiger partial charge < -0.3 is 4.90 Å². The first-order valence-electron chi connectivity index (χ1n) is 6.47. The first kappa shape index (κ1) is 11.7. The second kappa shape index (κ2) is 5.11. The molecule has 2 aromatic heterocycles. The van der Waals surface area contributed by atoms with Gasteiger partial charge in [-0.2, -0.15) is 10.4 Å². The third kappa shape index (κ3) is 2.43. The third-order valence-electron chi connectivity index (χ3n) is 3.56. The topological polar surface area (TPSA) is 57.7 Å². The molecule has 1 aliphatic heterocycles. The van der Waals surface area contributed by atoms with Crippen molar-refractivity contribution in [2.45, 2.75) is 18.9 Å². The van der Waals surface area contributed by atoms with Gasteiger partial charge in [-0.25, -0.2) is 4.98 Å². The van der Waals surface area contributed by atoms with E-state index in [1.165, 1.54) is 0 Å². The molecule has 0 radical (unpaired) electrons. The first-order chi connectivity index (χ1) is 9.36. The molecule has 0 N–H and O–H groups in total. The normalized spacial score (nSPS) is 16.3. The van der Waals surface area contributed by atoms with Crippen LogP contribution in [0, 0.1) is 11.3 Å². The average Bonchev–Trinajstić information content (AvgIpc) is 3.02. The predicted octanol–water partition coefficient (Wildman–Crippen LogP) is 1.99. The Hall–Kier alpha value is -2.35. The molecule has 0 aromatic carbocycles. The molecule has 1 aliphatic rings. The van der Waals surface area contributed by atoms with E-state index in [-0.39, 0.29) is 0 Å². The molecule has 0 amide bonds. The van der Waals surface area contributed by atoms with Crippen LogP contribution in [0.2, 0.25) is 0 Å². The highest BCUT2D eigenvalue weighted by Gasteiger charge is 2.21. The lowest BCUT2D eigenvalue weighted by atomic mass is 10.1. The summed E-state index contributed by atoms with van der Waals surface area (Å²) < 4.78 is 2.05. The summed E-state index contributed by atoms with van der Waals surface area (Å²) in [4.78, 5) is 6.61. The minimum atomic E-state index is 0.490. The van der Waals surface area contributed by atoms with Gasteiger partial charge in [0.15, 0.2) is 0 Å². The number of pyridine rings is 1. The lowest BCUT2D eigenvalue weighted by Gasteiger charge is -2.32. The van der Waals surface area contributed by atoms with Crippen LogP contribution in [-0.4, -0.2) is 27.9 Å². The second-order valence-corrected chi connectivity index (χ2v) is 4.72. The average molecular weight is 253 g/mol. The van der Waals surface area contributed by atoms with Crippen LogP contribution in [0.1, 0.15) is 24.4 Å². The van der Waals surface area contributed by atoms with Crippen molar-refractivity contribution >= 4 is 5.82 Å². The van der Waals surface area contributed by atoms with Gasteiger partial charge in [-0.3, -0.25) is 4.68 Å². The number of piperidine rings is 1. The molecular weight excluding hydrogens is 238 g/mol. The van der Waals surface area contributed by atoms with E-state index in [1.807, 2.05) is 35.3 Å². The molecule has 0 atom stereocenters. The molecule has 5 nitrogen and oxygen atoms in total. The van der Waals surface area contributed by atoms with Gasteiger partial charge >= 0.3 is 0 Å². The van der Waals surface area contributed by atoms with Crippen molar-refractivity contribution in [2.75, 3.05) is 18.0 Å². The Kier molecular flexibility index (Phi) is 3.15. The Morgan fingerprint density at radius 3 is 2.68 bits per heavy atom. The zero-order chi connectivity index (χ0) is 13.1. The molecule has 0 saturated carbocycles. The van der Waals surface area contributed by atoms with Crippen LogP contribution < -0.4 is 4.90 Å². The van der Waals surface area contributed by atoms with Gasteiger partial charge in [-0.05, 0) is 31.0 Å². The van der Waals surface area contributed by atoms with E-state index in [2.05, 4.69) is 21.1 Å². The predicted molar refractivity (Wildman–Crippen MR) is 71.7 cm³/mol. The molecule has 0 spiro atoms. The van der Waals surface area contributed by atoms with Gasteiger partial charge in [0.2, 0.25) is 0 Å². The molecule has 5 heteroatoms. The van der Waals surface area contributed by atoms with E-state index in [0.29, 0.717) is 11.6 Å². The van der Waals surface area contributed by atoms with Crippen LogP contribution in [0.4, 0.5) is 5.82 Å². The number of aromatic nitrogens is 3. The SMILES string of the molecule is N#Cc1ccc(N2CCC(n3cccn3)CC2)nc1. The van der Waals surface area contributed by atoms with Crippen molar-refractivity contribution in [2.24, 2.45) is 0 Å². The summed E-state index contributed by atoms with van der Waals surface area (Å²) in [6.45, 7) is 1.95. The highest BCUT2D eigenvalue weighted by molar-refractivity contribution is 5.42. The lowest BCUT2D eigenvalue weighted by Crippen LogP contribution is -2.35. The van der Waals surface area contributed by atoms with Crippen LogP contribution in [0.5, 0.6) is 0 Å². The van der Waals surface area contributed by atoms with Crippen molar-refractivity contribution in [1.29, 1.82) is 5.26 Å². The summed E-state index contributed by atoms with van der Waals surface area (Å²) in [5, 5.41) is 13.1. The number of nitriles is 1. The highest BCUT2D eigenvalue weighted by atomic mass is 15.3. The molecule has 1 saturated heterocycles. The van der Waals surface area contributed by atoms with Gasteiger partial charge in [-0.15, -0.1) is 0 Å². The van der Waals surface area contributed by atoms with Crippen molar-refractivity contribution < 1.29 is 0 Å². The molecule has 19 heavy (non-hydrogen) atoms. The smallest absolute Gasteiger partial charge is 0.128 e. The Balaban J connectivity index is 1.65. The van der Waals surface area contributed by atoms with E-state index in [9.17, 15) is 0 Å². The fourth-order valence-corrected chi connectivity index (χ4v) is 2.50. The monoisotopic (exact) mass is 253 g/mol. The van der Waals surface area contributed by atoms with Crippen molar-refractivity contribution in [3.63, 3.8) is 0 Å². The minimum Gasteiger partial charge on any atom is -0.356 e. The molecule has 3 rings (SSSR count). The minimum absolute atomic E-state index is 0.490. The Morgan fingerprint density at radius 2 is 2.11 bits per heavy atom. The lowest BCUT2D eigenvalue weighted by molar-refractivity contribution is 0.366. The van der Waals surface area contributed by atoms with Crippen molar-refractivity contribution in [1.82, 2.24) is 14.8 Å². The molecule has 96 valence electrons. The fraction of sp³-hybridized carbons (Fsp3) is 0.357. The summed E-state index contributed by atoms with van der Waals surface area (Å²) in [5.74, 6) is 0.956. The summed E-state index contributed by atoms with van der Waals surface area (Å²) in [6.07, 6.45) is 7.64. The van der Waals surface area contributed by atoms with Gasteiger partial charge in [-0.1, -0.05) is 0 Å². The molecule has 2 aromatic rings. The molecule has 1 fully saturated rings. The Bertz CT molecular complexity index is 559. The summed E-state index contributed by atoms with van der Waals surface area (Å²) in [6, 6.07) is 8.29. The van der Waals surface area contributed by atoms with E-state index >= 15 is 0 Å². The summed E-state index contributed by atoms with van der Waals surface area (Å²) in [5.41, 5.74) is 0.607. The zero-order valence-corrected chi connectivity index (χ0v) is 10.6. The summed E-state index contributed by atoms with van der Waals surface area (Å²) in [7, 11) is 0. The van der Waals surface area contributed by atoms with Crippen LogP contribution >= 0.6 is 0 Å². The first-order valence-corrected chi connectivity index (χ1v) is 6.47. The van der Waals surface area contributed by atoms with Gasteiger partial charge in [0.1, 0.15) is 11.9 Å². The van der Waals surface area contributed by atoms with Crippen molar-refractivity contribution in [3.8, 4) is 6.07 Å². The number of rotatable bonds is 2.